The molecule has 0 bridgehead atoms. The van der Waals surface area contributed by atoms with Gasteiger partial charge in [-0.2, -0.15) is 5.10 Å². The number of carbonyl (C=O) groups is 1. The van der Waals surface area contributed by atoms with E-state index < -0.39 is 4.92 Å². The molecule has 0 fully saturated rings. The smallest absolute Gasteiger partial charge is 0.310 e. The average molecular weight is 370 g/mol. The summed E-state index contributed by atoms with van der Waals surface area (Å²) in [6.45, 7) is 2.98. The van der Waals surface area contributed by atoms with E-state index in [4.69, 9.17) is 9.15 Å². The van der Waals surface area contributed by atoms with Gasteiger partial charge >= 0.3 is 5.69 Å². The summed E-state index contributed by atoms with van der Waals surface area (Å²) >= 11 is 0. The maximum Gasteiger partial charge on any atom is 0.310 e. The van der Waals surface area contributed by atoms with Crippen molar-refractivity contribution in [2.75, 3.05) is 0 Å². The lowest BCUT2D eigenvalue weighted by molar-refractivity contribution is -0.386. The Morgan fingerprint density at radius 2 is 2.11 bits per heavy atom. The van der Waals surface area contributed by atoms with E-state index in [2.05, 4.69) is 10.4 Å². The van der Waals surface area contributed by atoms with Crippen LogP contribution >= 0.6 is 0 Å². The standard InChI is InChI=1S/C18H18N4O5/c1-2-21-13(9-10-20-21)11-19-18(23)17-8-7-14(27-17)12-26-16-6-4-3-5-15(16)22(24)25/h3-10H,2,11-12H2,1H3,(H,19,23). The fraction of sp³-hybridized carbons (Fsp3) is 0.222. The molecule has 0 spiro atoms. The van der Waals surface area contributed by atoms with E-state index in [9.17, 15) is 14.9 Å². The number of ether oxygens (including phenoxy) is 1. The molecular weight excluding hydrogens is 352 g/mol. The van der Waals surface area contributed by atoms with Crippen LogP contribution in [0.1, 0.15) is 28.9 Å². The third kappa shape index (κ3) is 4.32. The molecule has 3 aromatic rings. The van der Waals surface area contributed by atoms with E-state index in [1.165, 1.54) is 18.2 Å². The number of aromatic nitrogens is 2. The van der Waals surface area contributed by atoms with Gasteiger partial charge in [-0.05, 0) is 31.2 Å². The number of benzene rings is 1. The predicted molar refractivity (Wildman–Crippen MR) is 95.2 cm³/mol. The number of nitrogens with zero attached hydrogens (tertiary/aromatic N) is 3. The van der Waals surface area contributed by atoms with Gasteiger partial charge in [0.25, 0.3) is 5.91 Å². The van der Waals surface area contributed by atoms with E-state index in [0.29, 0.717) is 18.8 Å². The molecule has 27 heavy (non-hydrogen) atoms. The van der Waals surface area contributed by atoms with E-state index in [0.717, 1.165) is 5.69 Å². The number of aryl methyl sites for hydroxylation is 1. The van der Waals surface area contributed by atoms with Crippen molar-refractivity contribution in [3.05, 3.63) is 76.0 Å². The van der Waals surface area contributed by atoms with Crippen LogP contribution in [0.3, 0.4) is 0 Å². The summed E-state index contributed by atoms with van der Waals surface area (Å²) in [5.41, 5.74) is 0.756. The van der Waals surface area contributed by atoms with Gasteiger partial charge in [-0.1, -0.05) is 12.1 Å². The zero-order valence-corrected chi connectivity index (χ0v) is 14.6. The second-order valence-corrected chi connectivity index (χ2v) is 5.60. The lowest BCUT2D eigenvalue weighted by atomic mass is 10.3. The number of amides is 1. The highest BCUT2D eigenvalue weighted by Gasteiger charge is 2.16. The number of nitro benzene ring substituents is 1. The fourth-order valence-corrected chi connectivity index (χ4v) is 2.51. The number of nitro groups is 1. The molecule has 1 N–H and O–H groups in total. The Hall–Kier alpha value is -3.62. The third-order valence-electron chi connectivity index (χ3n) is 3.85. The summed E-state index contributed by atoms with van der Waals surface area (Å²) in [5.74, 6) is 0.296. The highest BCUT2D eigenvalue weighted by atomic mass is 16.6. The highest BCUT2D eigenvalue weighted by molar-refractivity contribution is 5.91. The molecule has 9 nitrogen and oxygen atoms in total. The van der Waals surface area contributed by atoms with Gasteiger partial charge in [-0.15, -0.1) is 0 Å². The lowest BCUT2D eigenvalue weighted by Gasteiger charge is -2.06. The Morgan fingerprint density at radius 3 is 2.89 bits per heavy atom. The van der Waals surface area contributed by atoms with Gasteiger partial charge in [0, 0.05) is 18.8 Å². The molecule has 0 unspecified atom stereocenters. The van der Waals surface area contributed by atoms with E-state index >= 15 is 0 Å². The number of rotatable bonds is 8. The first-order valence-electron chi connectivity index (χ1n) is 8.32. The largest absolute Gasteiger partial charge is 0.479 e. The molecule has 0 saturated carbocycles. The third-order valence-corrected chi connectivity index (χ3v) is 3.85. The molecule has 2 aromatic heterocycles. The molecule has 0 radical (unpaired) electrons. The fourth-order valence-electron chi connectivity index (χ4n) is 2.51. The van der Waals surface area contributed by atoms with Crippen LogP contribution in [0.5, 0.6) is 5.75 Å². The Balaban J connectivity index is 1.58. The Morgan fingerprint density at radius 1 is 1.30 bits per heavy atom. The van der Waals surface area contributed by atoms with Crippen molar-refractivity contribution in [2.24, 2.45) is 0 Å². The molecule has 2 heterocycles. The van der Waals surface area contributed by atoms with Crippen molar-refractivity contribution in [2.45, 2.75) is 26.6 Å². The summed E-state index contributed by atoms with van der Waals surface area (Å²) < 4.78 is 12.7. The van der Waals surface area contributed by atoms with Crippen molar-refractivity contribution in [1.29, 1.82) is 0 Å². The van der Waals surface area contributed by atoms with Crippen LogP contribution in [0.15, 0.2) is 53.1 Å². The van der Waals surface area contributed by atoms with Gasteiger partial charge in [-0.3, -0.25) is 19.6 Å². The van der Waals surface area contributed by atoms with Gasteiger partial charge in [0.1, 0.15) is 12.4 Å². The quantitative estimate of drug-likeness (QED) is 0.482. The molecule has 140 valence electrons. The number of hydrogen-bond donors (Lipinski definition) is 1. The Kier molecular flexibility index (Phi) is 5.50. The molecule has 3 rings (SSSR count). The topological polar surface area (TPSA) is 112 Å². The Labute approximate surface area is 154 Å². The van der Waals surface area contributed by atoms with E-state index in [1.54, 1.807) is 29.1 Å². The Bertz CT molecular complexity index is 947. The first-order valence-corrected chi connectivity index (χ1v) is 8.32. The molecule has 1 aromatic carbocycles. The van der Waals surface area contributed by atoms with Gasteiger partial charge in [0.15, 0.2) is 11.5 Å². The molecular formula is C18H18N4O5. The van der Waals surface area contributed by atoms with Crippen LogP contribution in [0.2, 0.25) is 0 Å². The van der Waals surface area contributed by atoms with Crippen LogP contribution in [0.4, 0.5) is 5.69 Å². The lowest BCUT2D eigenvalue weighted by Crippen LogP contribution is -2.24. The van der Waals surface area contributed by atoms with Crippen LogP contribution in [0.25, 0.3) is 0 Å². The van der Waals surface area contributed by atoms with Crippen LogP contribution in [0, 0.1) is 10.1 Å². The number of carbonyl (C=O) groups excluding carboxylic acids is 1. The van der Waals surface area contributed by atoms with E-state index in [1.807, 2.05) is 13.0 Å². The first-order chi connectivity index (χ1) is 13.1. The highest BCUT2D eigenvalue weighted by Crippen LogP contribution is 2.26. The second kappa shape index (κ2) is 8.17. The molecule has 0 aliphatic rings. The summed E-state index contributed by atoms with van der Waals surface area (Å²) in [6, 6.07) is 11.0. The van der Waals surface area contributed by atoms with Crippen LogP contribution in [-0.2, 0) is 19.7 Å². The van der Waals surface area contributed by atoms with Crippen molar-refractivity contribution < 1.29 is 18.9 Å². The minimum atomic E-state index is -0.517. The second-order valence-electron chi connectivity index (χ2n) is 5.60. The van der Waals surface area contributed by atoms with Crippen LogP contribution < -0.4 is 10.1 Å². The monoisotopic (exact) mass is 370 g/mol. The van der Waals surface area contributed by atoms with E-state index in [-0.39, 0.29) is 29.7 Å². The number of furan rings is 1. The van der Waals surface area contributed by atoms with Crippen molar-refractivity contribution in [3.8, 4) is 5.75 Å². The van der Waals surface area contributed by atoms with Crippen molar-refractivity contribution in [1.82, 2.24) is 15.1 Å². The zero-order chi connectivity index (χ0) is 19.2. The van der Waals surface area contributed by atoms with Crippen LogP contribution in [-0.4, -0.2) is 20.6 Å². The maximum atomic E-state index is 12.2. The molecule has 0 aliphatic heterocycles. The van der Waals surface area contributed by atoms with Gasteiger partial charge < -0.3 is 14.5 Å². The summed E-state index contributed by atoms with van der Waals surface area (Å²) in [7, 11) is 0. The number of para-hydroxylation sites is 2. The summed E-state index contributed by atoms with van der Waals surface area (Å²) in [6.07, 6.45) is 1.68. The molecule has 1 amide bonds. The number of nitrogens with one attached hydrogen (secondary N) is 1. The zero-order valence-electron chi connectivity index (χ0n) is 14.6. The minimum Gasteiger partial charge on any atom is -0.479 e. The van der Waals surface area contributed by atoms with Gasteiger partial charge in [0.05, 0.1) is 17.2 Å². The van der Waals surface area contributed by atoms with Crippen molar-refractivity contribution >= 4 is 11.6 Å². The van der Waals surface area contributed by atoms with Crippen molar-refractivity contribution in [3.63, 3.8) is 0 Å². The predicted octanol–water partition coefficient (Wildman–Crippen LogP) is 2.91. The van der Waals surface area contributed by atoms with Gasteiger partial charge in [-0.25, -0.2) is 0 Å². The summed E-state index contributed by atoms with van der Waals surface area (Å²) in [4.78, 5) is 22.7. The summed E-state index contributed by atoms with van der Waals surface area (Å²) in [5, 5.41) is 17.9. The molecule has 9 heteroatoms. The number of hydrogen-bond acceptors (Lipinski definition) is 6. The normalized spacial score (nSPS) is 10.6. The molecule has 0 atom stereocenters. The minimum absolute atomic E-state index is 0.0270. The van der Waals surface area contributed by atoms with Gasteiger partial charge in [0.2, 0.25) is 0 Å². The first kappa shape index (κ1) is 18.2. The SMILES string of the molecule is CCn1nccc1CNC(=O)c1ccc(COc2ccccc2[N+](=O)[O-])o1. The average Bonchev–Trinajstić information content (AvgIpc) is 3.33. The molecule has 0 aliphatic carbocycles. The molecule has 0 saturated heterocycles. The maximum absolute atomic E-state index is 12.2.